The van der Waals surface area contributed by atoms with E-state index in [2.05, 4.69) is 32.7 Å². The van der Waals surface area contributed by atoms with E-state index in [0.717, 1.165) is 26.2 Å². The van der Waals surface area contributed by atoms with Crippen molar-refractivity contribution in [1.82, 2.24) is 14.6 Å². The SMILES string of the molecule is Cc1cc(Cl)nn2c(I)c(-c3ccc(F)cc3)nc12. The Morgan fingerprint density at radius 2 is 1.95 bits per heavy atom. The third kappa shape index (κ3) is 2.21. The van der Waals surface area contributed by atoms with E-state index in [1.54, 1.807) is 22.7 Å². The zero-order valence-electron chi connectivity index (χ0n) is 9.86. The smallest absolute Gasteiger partial charge is 0.158 e. The van der Waals surface area contributed by atoms with Gasteiger partial charge in [-0.3, -0.25) is 0 Å². The summed E-state index contributed by atoms with van der Waals surface area (Å²) in [6.07, 6.45) is 0. The van der Waals surface area contributed by atoms with Crippen LogP contribution in [-0.4, -0.2) is 14.6 Å². The molecule has 2 aromatic heterocycles. The molecular formula is C13H8ClFIN3. The van der Waals surface area contributed by atoms with Gasteiger partial charge in [-0.1, -0.05) is 11.6 Å². The van der Waals surface area contributed by atoms with Crippen molar-refractivity contribution in [2.24, 2.45) is 0 Å². The summed E-state index contributed by atoms with van der Waals surface area (Å²) in [5.41, 5.74) is 3.34. The number of benzene rings is 1. The normalized spacial score (nSPS) is 11.2. The van der Waals surface area contributed by atoms with Crippen LogP contribution in [0.1, 0.15) is 5.56 Å². The minimum atomic E-state index is -0.264. The lowest BCUT2D eigenvalue weighted by Gasteiger charge is -1.98. The van der Waals surface area contributed by atoms with Gasteiger partial charge in [0, 0.05) is 5.56 Å². The average molecular weight is 388 g/mol. The minimum absolute atomic E-state index is 0.264. The summed E-state index contributed by atoms with van der Waals surface area (Å²) in [7, 11) is 0. The third-order valence-electron chi connectivity index (χ3n) is 2.80. The topological polar surface area (TPSA) is 30.2 Å². The van der Waals surface area contributed by atoms with Gasteiger partial charge in [-0.2, -0.15) is 5.10 Å². The van der Waals surface area contributed by atoms with Gasteiger partial charge in [0.1, 0.15) is 20.4 Å². The quantitative estimate of drug-likeness (QED) is 0.589. The number of aryl methyl sites for hydroxylation is 1. The molecule has 0 atom stereocenters. The molecule has 3 rings (SSSR count). The van der Waals surface area contributed by atoms with E-state index in [-0.39, 0.29) is 5.82 Å². The molecule has 0 saturated heterocycles. The van der Waals surface area contributed by atoms with Gasteiger partial charge >= 0.3 is 0 Å². The molecular weight excluding hydrogens is 380 g/mol. The number of halogens is 3. The van der Waals surface area contributed by atoms with E-state index in [4.69, 9.17) is 11.6 Å². The van der Waals surface area contributed by atoms with Crippen molar-refractivity contribution < 1.29 is 4.39 Å². The Morgan fingerprint density at radius 3 is 2.63 bits per heavy atom. The van der Waals surface area contributed by atoms with Crippen molar-refractivity contribution in [2.45, 2.75) is 6.92 Å². The fourth-order valence-corrected chi connectivity index (χ4v) is 2.91. The first-order chi connectivity index (χ1) is 9.06. The molecule has 0 aliphatic rings. The Balaban J connectivity index is 2.28. The predicted octanol–water partition coefficient (Wildman–Crippen LogP) is 4.10. The molecule has 19 heavy (non-hydrogen) atoms. The van der Waals surface area contributed by atoms with Gasteiger partial charge in [0.25, 0.3) is 0 Å². The van der Waals surface area contributed by atoms with Crippen LogP contribution < -0.4 is 0 Å². The maximum Gasteiger partial charge on any atom is 0.158 e. The first-order valence-electron chi connectivity index (χ1n) is 5.53. The first-order valence-corrected chi connectivity index (χ1v) is 6.99. The molecule has 0 N–H and O–H groups in total. The first kappa shape index (κ1) is 12.8. The number of aromatic nitrogens is 3. The summed E-state index contributed by atoms with van der Waals surface area (Å²) >= 11 is 8.12. The highest BCUT2D eigenvalue weighted by molar-refractivity contribution is 14.1. The molecule has 1 aromatic carbocycles. The van der Waals surface area contributed by atoms with Crippen LogP contribution in [0, 0.1) is 16.4 Å². The summed E-state index contributed by atoms with van der Waals surface area (Å²) in [5, 5.41) is 4.66. The highest BCUT2D eigenvalue weighted by atomic mass is 127. The highest BCUT2D eigenvalue weighted by Crippen LogP contribution is 2.27. The lowest BCUT2D eigenvalue weighted by atomic mass is 10.2. The Hall–Kier alpha value is -1.21. The standard InChI is InChI=1S/C13H8ClFIN3/c1-7-6-10(14)18-19-12(16)11(17-13(7)19)8-2-4-9(15)5-3-8/h2-6H,1H3. The number of imidazole rings is 1. The Bertz CT molecular complexity index is 768. The van der Waals surface area contributed by atoms with Gasteiger partial charge in [-0.15, -0.1) is 0 Å². The maximum atomic E-state index is 13.0. The molecule has 0 spiro atoms. The van der Waals surface area contributed by atoms with E-state index in [1.165, 1.54) is 12.1 Å². The largest absolute Gasteiger partial charge is 0.226 e. The van der Waals surface area contributed by atoms with Crippen LogP contribution in [0.15, 0.2) is 30.3 Å². The summed E-state index contributed by atoms with van der Waals surface area (Å²) in [4.78, 5) is 4.56. The lowest BCUT2D eigenvalue weighted by Crippen LogP contribution is -1.96. The zero-order valence-corrected chi connectivity index (χ0v) is 12.8. The molecule has 6 heteroatoms. The molecule has 0 amide bonds. The van der Waals surface area contributed by atoms with Gasteiger partial charge in [0.05, 0.1) is 0 Å². The van der Waals surface area contributed by atoms with Crippen LogP contribution in [0.5, 0.6) is 0 Å². The van der Waals surface area contributed by atoms with E-state index >= 15 is 0 Å². The molecule has 96 valence electrons. The predicted molar refractivity (Wildman–Crippen MR) is 80.8 cm³/mol. The molecule has 0 saturated carbocycles. The fourth-order valence-electron chi connectivity index (χ4n) is 1.90. The second-order valence-corrected chi connectivity index (χ2v) is 5.55. The minimum Gasteiger partial charge on any atom is -0.226 e. The Morgan fingerprint density at radius 1 is 1.26 bits per heavy atom. The highest BCUT2D eigenvalue weighted by Gasteiger charge is 2.14. The van der Waals surface area contributed by atoms with E-state index in [0.29, 0.717) is 5.15 Å². The van der Waals surface area contributed by atoms with Gasteiger partial charge in [0.2, 0.25) is 0 Å². The molecule has 2 heterocycles. The summed E-state index contributed by atoms with van der Waals surface area (Å²) in [6.45, 7) is 1.93. The van der Waals surface area contributed by atoms with Crippen molar-refractivity contribution in [2.75, 3.05) is 0 Å². The number of hydrogen-bond acceptors (Lipinski definition) is 2. The second kappa shape index (κ2) is 4.72. The van der Waals surface area contributed by atoms with E-state index in [9.17, 15) is 4.39 Å². The number of fused-ring (bicyclic) bond motifs is 1. The number of rotatable bonds is 1. The number of nitrogens with zero attached hydrogens (tertiary/aromatic N) is 3. The maximum absolute atomic E-state index is 13.0. The number of hydrogen-bond donors (Lipinski definition) is 0. The van der Waals surface area contributed by atoms with Crippen molar-refractivity contribution in [1.29, 1.82) is 0 Å². The molecule has 0 bridgehead atoms. The van der Waals surface area contributed by atoms with Crippen molar-refractivity contribution in [3.63, 3.8) is 0 Å². The van der Waals surface area contributed by atoms with Gasteiger partial charge in [0.15, 0.2) is 5.65 Å². The van der Waals surface area contributed by atoms with Crippen LogP contribution in [0.3, 0.4) is 0 Å². The van der Waals surface area contributed by atoms with Gasteiger partial charge in [-0.25, -0.2) is 13.9 Å². The molecule has 0 radical (unpaired) electrons. The summed E-state index contributed by atoms with van der Waals surface area (Å²) in [6, 6.07) is 8.02. The molecule has 3 nitrogen and oxygen atoms in total. The molecule has 0 unspecified atom stereocenters. The lowest BCUT2D eigenvalue weighted by molar-refractivity contribution is 0.628. The fraction of sp³-hybridized carbons (Fsp3) is 0.0769. The van der Waals surface area contributed by atoms with Crippen LogP contribution in [0.2, 0.25) is 5.15 Å². The molecule has 0 fully saturated rings. The molecule has 0 aliphatic heterocycles. The molecule has 0 aliphatic carbocycles. The summed E-state index contributed by atoms with van der Waals surface area (Å²) < 4.78 is 15.5. The second-order valence-electron chi connectivity index (χ2n) is 4.14. The van der Waals surface area contributed by atoms with Gasteiger partial charge in [-0.05, 0) is 65.4 Å². The van der Waals surface area contributed by atoms with E-state index in [1.807, 2.05) is 6.92 Å². The van der Waals surface area contributed by atoms with Crippen molar-refractivity contribution >= 4 is 39.8 Å². The van der Waals surface area contributed by atoms with Crippen LogP contribution in [0.25, 0.3) is 16.9 Å². The Kier molecular flexibility index (Phi) is 3.18. The van der Waals surface area contributed by atoms with Gasteiger partial charge < -0.3 is 0 Å². The average Bonchev–Trinajstić information content (AvgIpc) is 2.69. The Labute approximate surface area is 127 Å². The molecule has 3 aromatic rings. The van der Waals surface area contributed by atoms with Crippen molar-refractivity contribution in [3.8, 4) is 11.3 Å². The van der Waals surface area contributed by atoms with Crippen molar-refractivity contribution in [3.05, 3.63) is 50.6 Å². The van der Waals surface area contributed by atoms with Crippen LogP contribution in [0.4, 0.5) is 4.39 Å². The van der Waals surface area contributed by atoms with Crippen LogP contribution >= 0.6 is 34.2 Å². The summed E-state index contributed by atoms with van der Waals surface area (Å²) in [5.74, 6) is -0.264. The third-order valence-corrected chi connectivity index (χ3v) is 3.95. The van der Waals surface area contributed by atoms with Crippen LogP contribution in [-0.2, 0) is 0 Å². The zero-order chi connectivity index (χ0) is 13.6. The monoisotopic (exact) mass is 387 g/mol. The van der Waals surface area contributed by atoms with E-state index < -0.39 is 0 Å².